The first-order chi connectivity index (χ1) is 13.0. The Balaban J connectivity index is 1.99. The molecule has 0 aliphatic carbocycles. The number of ether oxygens (including phenoxy) is 1. The molecule has 1 aliphatic heterocycles. The average Bonchev–Trinajstić information content (AvgIpc) is 2.91. The highest BCUT2D eigenvalue weighted by atomic mass is 16.5. The van der Waals surface area contributed by atoms with E-state index in [9.17, 15) is 9.59 Å². The Hall–Kier alpha value is -2.92. The Labute approximate surface area is 159 Å². The lowest BCUT2D eigenvalue weighted by molar-refractivity contribution is -0.137. The summed E-state index contributed by atoms with van der Waals surface area (Å²) in [5.74, 6) is -0.624. The second kappa shape index (κ2) is 8.18. The van der Waals surface area contributed by atoms with Crippen molar-refractivity contribution in [2.24, 2.45) is 0 Å². The number of methoxy groups -OCH3 is 1. The van der Waals surface area contributed by atoms with Crippen LogP contribution in [0.1, 0.15) is 23.6 Å². The zero-order chi connectivity index (χ0) is 19.4. The number of amides is 2. The lowest BCUT2D eigenvalue weighted by Gasteiger charge is -2.14. The molecule has 0 radical (unpaired) electrons. The van der Waals surface area contributed by atoms with E-state index in [-0.39, 0.29) is 18.4 Å². The number of anilines is 1. The molecule has 0 spiro atoms. The Morgan fingerprint density at radius 1 is 0.963 bits per heavy atom. The maximum Gasteiger partial charge on any atom is 0.278 e. The van der Waals surface area contributed by atoms with Crippen LogP contribution in [0.25, 0.3) is 5.57 Å². The molecular weight excluding hydrogens is 340 g/mol. The number of hydrogen-bond donors (Lipinski definition) is 1. The van der Waals surface area contributed by atoms with Crippen LogP contribution in [0.3, 0.4) is 0 Å². The molecular formula is C22H24N2O3. The molecule has 1 aliphatic rings. The Kier molecular flexibility index (Phi) is 5.72. The van der Waals surface area contributed by atoms with Crippen molar-refractivity contribution in [1.29, 1.82) is 0 Å². The molecule has 0 aromatic heterocycles. The van der Waals surface area contributed by atoms with Gasteiger partial charge in [-0.1, -0.05) is 48.9 Å². The first kappa shape index (κ1) is 18.9. The Morgan fingerprint density at radius 2 is 1.63 bits per heavy atom. The van der Waals surface area contributed by atoms with Gasteiger partial charge in [0, 0.05) is 12.8 Å². The minimum atomic E-state index is -0.327. The normalized spacial score (nSPS) is 14.3. The van der Waals surface area contributed by atoms with Gasteiger partial charge in [0.2, 0.25) is 0 Å². The molecule has 0 unspecified atom stereocenters. The van der Waals surface area contributed by atoms with E-state index in [1.54, 1.807) is 7.11 Å². The molecule has 1 heterocycles. The van der Waals surface area contributed by atoms with E-state index in [2.05, 4.69) is 12.2 Å². The summed E-state index contributed by atoms with van der Waals surface area (Å²) in [5.41, 5.74) is 4.52. The summed E-state index contributed by atoms with van der Waals surface area (Å²) in [4.78, 5) is 27.1. The van der Waals surface area contributed by atoms with Gasteiger partial charge in [0.15, 0.2) is 0 Å². The van der Waals surface area contributed by atoms with Gasteiger partial charge in [-0.05, 0) is 36.6 Å². The van der Waals surface area contributed by atoms with E-state index in [0.29, 0.717) is 17.9 Å². The highest BCUT2D eigenvalue weighted by molar-refractivity contribution is 6.36. The summed E-state index contributed by atoms with van der Waals surface area (Å²) in [6.07, 6.45) is 0.944. The summed E-state index contributed by atoms with van der Waals surface area (Å²) < 4.78 is 5.05. The summed E-state index contributed by atoms with van der Waals surface area (Å²) in [5, 5.41) is 3.17. The number of hydrogen-bond acceptors (Lipinski definition) is 4. The van der Waals surface area contributed by atoms with Crippen LogP contribution in [-0.4, -0.2) is 37.0 Å². The van der Waals surface area contributed by atoms with E-state index >= 15 is 0 Å². The summed E-state index contributed by atoms with van der Waals surface area (Å²) in [7, 11) is 1.55. The monoisotopic (exact) mass is 364 g/mol. The van der Waals surface area contributed by atoms with Gasteiger partial charge in [-0.3, -0.25) is 14.5 Å². The van der Waals surface area contributed by atoms with Crippen LogP contribution in [0.5, 0.6) is 0 Å². The predicted molar refractivity (Wildman–Crippen MR) is 106 cm³/mol. The SMILES string of the molecule is CCc1ccc(NC2=C(c3ccc(C)cc3)C(=O)N(CCOC)C2=O)cc1. The van der Waals surface area contributed by atoms with E-state index < -0.39 is 0 Å². The van der Waals surface area contributed by atoms with Crippen molar-refractivity contribution in [3.63, 3.8) is 0 Å². The molecule has 140 valence electrons. The quantitative estimate of drug-likeness (QED) is 0.765. The summed E-state index contributed by atoms with van der Waals surface area (Å²) in [6, 6.07) is 15.5. The lowest BCUT2D eigenvalue weighted by atomic mass is 10.0. The van der Waals surface area contributed by atoms with Crippen molar-refractivity contribution in [2.75, 3.05) is 25.6 Å². The van der Waals surface area contributed by atoms with Crippen molar-refractivity contribution in [2.45, 2.75) is 20.3 Å². The highest BCUT2D eigenvalue weighted by Crippen LogP contribution is 2.30. The van der Waals surface area contributed by atoms with Crippen molar-refractivity contribution in [3.8, 4) is 0 Å². The molecule has 1 N–H and O–H groups in total. The number of carbonyl (C=O) groups is 2. The number of benzene rings is 2. The van der Waals surface area contributed by atoms with Gasteiger partial charge in [-0.2, -0.15) is 0 Å². The maximum absolute atomic E-state index is 13.0. The molecule has 0 saturated carbocycles. The number of imide groups is 1. The molecule has 2 aromatic carbocycles. The van der Waals surface area contributed by atoms with Crippen LogP contribution in [0.15, 0.2) is 54.2 Å². The third-order valence-corrected chi connectivity index (χ3v) is 4.66. The molecule has 0 bridgehead atoms. The molecule has 27 heavy (non-hydrogen) atoms. The average molecular weight is 364 g/mol. The van der Waals surface area contributed by atoms with E-state index in [1.165, 1.54) is 10.5 Å². The topological polar surface area (TPSA) is 58.6 Å². The fourth-order valence-corrected chi connectivity index (χ4v) is 3.03. The van der Waals surface area contributed by atoms with Crippen LogP contribution in [0.2, 0.25) is 0 Å². The van der Waals surface area contributed by atoms with Crippen LogP contribution in [0.4, 0.5) is 5.69 Å². The fraction of sp³-hybridized carbons (Fsp3) is 0.273. The number of aryl methyl sites for hydroxylation is 2. The molecule has 2 amide bonds. The standard InChI is InChI=1S/C22H24N2O3/c1-4-16-7-11-18(12-8-16)23-20-19(17-9-5-15(2)6-10-17)21(25)24(22(20)26)13-14-27-3/h5-12,23H,4,13-14H2,1-3H3. The maximum atomic E-state index is 13.0. The van der Waals surface area contributed by atoms with Gasteiger partial charge in [-0.25, -0.2) is 0 Å². The Morgan fingerprint density at radius 3 is 2.22 bits per heavy atom. The first-order valence-corrected chi connectivity index (χ1v) is 9.07. The zero-order valence-corrected chi connectivity index (χ0v) is 15.9. The van der Waals surface area contributed by atoms with Crippen molar-refractivity contribution in [1.82, 2.24) is 4.90 Å². The van der Waals surface area contributed by atoms with E-state index in [4.69, 9.17) is 4.74 Å². The Bertz CT molecular complexity index is 867. The van der Waals surface area contributed by atoms with Gasteiger partial charge in [0.05, 0.1) is 18.7 Å². The van der Waals surface area contributed by atoms with Crippen LogP contribution < -0.4 is 5.32 Å². The first-order valence-electron chi connectivity index (χ1n) is 9.07. The molecule has 3 rings (SSSR count). The number of nitrogens with zero attached hydrogens (tertiary/aromatic N) is 1. The smallest absolute Gasteiger partial charge is 0.278 e. The van der Waals surface area contributed by atoms with Crippen molar-refractivity contribution in [3.05, 3.63) is 70.9 Å². The molecule has 0 fully saturated rings. The minimum absolute atomic E-state index is 0.226. The number of carbonyl (C=O) groups excluding carboxylic acids is 2. The molecule has 0 atom stereocenters. The van der Waals surface area contributed by atoms with Gasteiger partial charge >= 0.3 is 0 Å². The second-order valence-corrected chi connectivity index (χ2v) is 6.55. The van der Waals surface area contributed by atoms with Crippen LogP contribution in [-0.2, 0) is 20.7 Å². The summed E-state index contributed by atoms with van der Waals surface area (Å²) in [6.45, 7) is 4.60. The molecule has 0 saturated heterocycles. The van der Waals surface area contributed by atoms with Gasteiger partial charge < -0.3 is 10.1 Å². The lowest BCUT2D eigenvalue weighted by Crippen LogP contribution is -2.35. The van der Waals surface area contributed by atoms with Crippen molar-refractivity contribution < 1.29 is 14.3 Å². The largest absolute Gasteiger partial charge is 0.383 e. The van der Waals surface area contributed by atoms with Crippen molar-refractivity contribution >= 4 is 23.1 Å². The van der Waals surface area contributed by atoms with Crippen LogP contribution in [0, 0.1) is 6.92 Å². The third-order valence-electron chi connectivity index (χ3n) is 4.66. The third kappa shape index (κ3) is 3.93. The van der Waals surface area contributed by atoms with E-state index in [1.807, 2.05) is 55.5 Å². The minimum Gasteiger partial charge on any atom is -0.383 e. The number of nitrogens with one attached hydrogen (secondary N) is 1. The highest BCUT2D eigenvalue weighted by Gasteiger charge is 2.38. The van der Waals surface area contributed by atoms with E-state index in [0.717, 1.165) is 23.2 Å². The van der Waals surface area contributed by atoms with Gasteiger partial charge in [0.1, 0.15) is 5.70 Å². The second-order valence-electron chi connectivity index (χ2n) is 6.55. The zero-order valence-electron chi connectivity index (χ0n) is 15.9. The fourth-order valence-electron chi connectivity index (χ4n) is 3.03. The van der Waals surface area contributed by atoms with Gasteiger partial charge in [-0.15, -0.1) is 0 Å². The summed E-state index contributed by atoms with van der Waals surface area (Å²) >= 11 is 0. The predicted octanol–water partition coefficient (Wildman–Crippen LogP) is 3.40. The number of rotatable bonds is 7. The van der Waals surface area contributed by atoms with Gasteiger partial charge in [0.25, 0.3) is 11.8 Å². The van der Waals surface area contributed by atoms with Crippen LogP contribution >= 0.6 is 0 Å². The molecule has 5 nitrogen and oxygen atoms in total. The molecule has 2 aromatic rings. The molecule has 5 heteroatoms.